The number of pyridine rings is 1. The molecule has 2 aromatic rings. The lowest BCUT2D eigenvalue weighted by molar-refractivity contribution is 0.243. The zero-order chi connectivity index (χ0) is 15.9. The topological polar surface area (TPSA) is 19.4 Å². The Morgan fingerprint density at radius 2 is 1.65 bits per heavy atom. The highest BCUT2D eigenvalue weighted by molar-refractivity contribution is 5.19. The summed E-state index contributed by atoms with van der Waals surface area (Å²) in [4.78, 5) is 9.61. The van der Waals surface area contributed by atoms with E-state index >= 15 is 0 Å². The zero-order valence-electron chi connectivity index (χ0n) is 14.1. The summed E-state index contributed by atoms with van der Waals surface area (Å²) in [6, 6.07) is 17.1. The van der Waals surface area contributed by atoms with Crippen LogP contribution < -0.4 is 0 Å². The minimum absolute atomic E-state index is 0.596. The van der Waals surface area contributed by atoms with Gasteiger partial charge in [0, 0.05) is 32.4 Å². The summed E-state index contributed by atoms with van der Waals surface area (Å²) >= 11 is 0. The molecule has 1 aromatic heterocycles. The van der Waals surface area contributed by atoms with Gasteiger partial charge in [-0.1, -0.05) is 43.3 Å². The molecule has 3 nitrogen and oxygen atoms in total. The van der Waals surface area contributed by atoms with Crippen LogP contribution in [0.2, 0.25) is 0 Å². The molecule has 0 bridgehead atoms. The number of hydrogen-bond donors (Lipinski definition) is 0. The summed E-state index contributed by atoms with van der Waals surface area (Å²) in [5.41, 5.74) is 2.63. The van der Waals surface area contributed by atoms with Crippen molar-refractivity contribution < 1.29 is 0 Å². The molecule has 0 radical (unpaired) electrons. The molecular formula is C20H27N3. The highest BCUT2D eigenvalue weighted by Crippen LogP contribution is 2.17. The lowest BCUT2D eigenvalue weighted by atomic mass is 10.0. The average Bonchev–Trinajstić information content (AvgIpc) is 2.82. The quantitative estimate of drug-likeness (QED) is 0.844. The summed E-state index contributed by atoms with van der Waals surface area (Å²) in [6.45, 7) is 9.14. The van der Waals surface area contributed by atoms with Gasteiger partial charge in [0.1, 0.15) is 0 Å². The fraction of sp³-hybridized carbons (Fsp3) is 0.450. The first kappa shape index (κ1) is 16.2. The van der Waals surface area contributed by atoms with Gasteiger partial charge < -0.3 is 4.90 Å². The fourth-order valence-electron chi connectivity index (χ4n) is 3.36. The van der Waals surface area contributed by atoms with Gasteiger partial charge in [0.25, 0.3) is 0 Å². The average molecular weight is 309 g/mol. The molecule has 3 heteroatoms. The first-order chi connectivity index (χ1) is 11.3. The lowest BCUT2D eigenvalue weighted by Crippen LogP contribution is -2.33. The van der Waals surface area contributed by atoms with Crippen molar-refractivity contribution in [1.82, 2.24) is 14.8 Å². The number of aromatic nitrogens is 1. The lowest BCUT2D eigenvalue weighted by Gasteiger charge is -2.24. The molecule has 1 atom stereocenters. The Balaban J connectivity index is 1.50. The third-order valence-corrected chi connectivity index (χ3v) is 4.69. The van der Waals surface area contributed by atoms with Crippen molar-refractivity contribution in [2.75, 3.05) is 32.7 Å². The molecule has 1 saturated heterocycles. The second-order valence-corrected chi connectivity index (χ2v) is 6.56. The monoisotopic (exact) mass is 309 g/mol. The van der Waals surface area contributed by atoms with Crippen LogP contribution in [0.1, 0.15) is 30.5 Å². The van der Waals surface area contributed by atoms with Crippen molar-refractivity contribution in [3.8, 4) is 0 Å². The Labute approximate surface area is 140 Å². The minimum Gasteiger partial charge on any atom is -0.301 e. The van der Waals surface area contributed by atoms with Crippen LogP contribution in [0.5, 0.6) is 0 Å². The maximum Gasteiger partial charge on any atom is 0.0543 e. The Morgan fingerprint density at radius 3 is 2.43 bits per heavy atom. The highest BCUT2D eigenvalue weighted by atomic mass is 15.2. The van der Waals surface area contributed by atoms with E-state index in [4.69, 9.17) is 0 Å². The van der Waals surface area contributed by atoms with Crippen molar-refractivity contribution in [2.45, 2.75) is 25.8 Å². The maximum atomic E-state index is 4.46. The molecular weight excluding hydrogens is 282 g/mol. The van der Waals surface area contributed by atoms with Gasteiger partial charge in [-0.05, 0) is 43.1 Å². The van der Waals surface area contributed by atoms with Crippen LogP contribution in [-0.2, 0) is 6.54 Å². The fourth-order valence-corrected chi connectivity index (χ4v) is 3.36. The van der Waals surface area contributed by atoms with Crippen LogP contribution in [-0.4, -0.2) is 47.5 Å². The molecule has 0 amide bonds. The summed E-state index contributed by atoms with van der Waals surface area (Å²) < 4.78 is 0. The molecule has 1 aliphatic rings. The molecule has 0 N–H and O–H groups in total. The van der Waals surface area contributed by atoms with Gasteiger partial charge >= 0.3 is 0 Å². The maximum absolute atomic E-state index is 4.46. The van der Waals surface area contributed by atoms with Gasteiger partial charge in [-0.2, -0.15) is 0 Å². The van der Waals surface area contributed by atoms with Crippen molar-refractivity contribution in [3.05, 3.63) is 66.0 Å². The predicted octanol–water partition coefficient (Wildman–Crippen LogP) is 3.39. The van der Waals surface area contributed by atoms with Gasteiger partial charge in [-0.25, -0.2) is 0 Å². The van der Waals surface area contributed by atoms with Gasteiger partial charge in [0.2, 0.25) is 0 Å². The van der Waals surface area contributed by atoms with E-state index in [1.54, 1.807) is 0 Å². The Hall–Kier alpha value is -1.71. The molecule has 23 heavy (non-hydrogen) atoms. The van der Waals surface area contributed by atoms with Crippen LogP contribution in [0, 0.1) is 0 Å². The van der Waals surface area contributed by atoms with E-state index < -0.39 is 0 Å². The highest BCUT2D eigenvalue weighted by Gasteiger charge is 2.17. The number of rotatable bonds is 5. The molecule has 1 aliphatic heterocycles. The van der Waals surface area contributed by atoms with E-state index in [0.717, 1.165) is 26.2 Å². The van der Waals surface area contributed by atoms with E-state index in [1.165, 1.54) is 30.8 Å². The van der Waals surface area contributed by atoms with Crippen molar-refractivity contribution in [3.63, 3.8) is 0 Å². The molecule has 1 fully saturated rings. The van der Waals surface area contributed by atoms with E-state index in [-0.39, 0.29) is 0 Å². The normalized spacial score (nSPS) is 18.5. The third kappa shape index (κ3) is 4.88. The van der Waals surface area contributed by atoms with Crippen LogP contribution >= 0.6 is 0 Å². The molecule has 3 rings (SSSR count). The first-order valence-corrected chi connectivity index (χ1v) is 8.71. The molecule has 2 heterocycles. The molecule has 122 valence electrons. The number of nitrogens with zero attached hydrogens (tertiary/aromatic N) is 3. The minimum atomic E-state index is 0.596. The standard InChI is InChI=1S/C20H27N3/c1-18(19-8-3-2-4-9-19)16-22-12-7-13-23(15-14-22)17-20-10-5-6-11-21-20/h2-6,8-11,18H,7,12-17H2,1H3/t18-/m1/s1. The zero-order valence-corrected chi connectivity index (χ0v) is 14.1. The van der Waals surface area contributed by atoms with Crippen LogP contribution in [0.3, 0.4) is 0 Å². The Kier molecular flexibility index (Phi) is 5.78. The first-order valence-electron chi connectivity index (χ1n) is 8.71. The number of hydrogen-bond acceptors (Lipinski definition) is 3. The SMILES string of the molecule is C[C@H](CN1CCCN(Cc2ccccn2)CC1)c1ccccc1. The molecule has 0 unspecified atom stereocenters. The predicted molar refractivity (Wildman–Crippen MR) is 95.4 cm³/mol. The molecule has 0 saturated carbocycles. The van der Waals surface area contributed by atoms with Gasteiger partial charge in [-0.3, -0.25) is 9.88 Å². The van der Waals surface area contributed by atoms with E-state index in [0.29, 0.717) is 5.92 Å². The summed E-state index contributed by atoms with van der Waals surface area (Å²) in [6.07, 6.45) is 3.13. The van der Waals surface area contributed by atoms with E-state index in [2.05, 4.69) is 64.2 Å². The third-order valence-electron chi connectivity index (χ3n) is 4.69. The van der Waals surface area contributed by atoms with Gasteiger partial charge in [-0.15, -0.1) is 0 Å². The van der Waals surface area contributed by atoms with Crippen LogP contribution in [0.4, 0.5) is 0 Å². The van der Waals surface area contributed by atoms with Crippen molar-refractivity contribution >= 4 is 0 Å². The second kappa shape index (κ2) is 8.23. The van der Waals surface area contributed by atoms with E-state index in [9.17, 15) is 0 Å². The van der Waals surface area contributed by atoms with Crippen LogP contribution in [0.15, 0.2) is 54.7 Å². The Bertz CT molecular complexity index is 570. The Morgan fingerprint density at radius 1 is 0.913 bits per heavy atom. The summed E-state index contributed by atoms with van der Waals surface area (Å²) in [7, 11) is 0. The van der Waals surface area contributed by atoms with Gasteiger partial charge in [0.05, 0.1) is 5.69 Å². The largest absolute Gasteiger partial charge is 0.301 e. The van der Waals surface area contributed by atoms with Crippen LogP contribution in [0.25, 0.3) is 0 Å². The van der Waals surface area contributed by atoms with Crippen molar-refractivity contribution in [2.24, 2.45) is 0 Å². The van der Waals surface area contributed by atoms with Crippen molar-refractivity contribution in [1.29, 1.82) is 0 Å². The summed E-state index contributed by atoms with van der Waals surface area (Å²) in [5, 5.41) is 0. The smallest absolute Gasteiger partial charge is 0.0543 e. The van der Waals surface area contributed by atoms with E-state index in [1.807, 2.05) is 12.3 Å². The summed E-state index contributed by atoms with van der Waals surface area (Å²) in [5.74, 6) is 0.596. The second-order valence-electron chi connectivity index (χ2n) is 6.56. The molecule has 0 aliphatic carbocycles. The molecule has 0 spiro atoms. The number of benzene rings is 1. The molecule has 1 aromatic carbocycles. The van der Waals surface area contributed by atoms with Gasteiger partial charge in [0.15, 0.2) is 0 Å².